The molecule has 1 aliphatic heterocycles. The number of esters is 1. The average Bonchev–Trinajstić information content (AvgIpc) is 3.57. The molecular weight excluding hydrogens is 468 g/mol. The van der Waals surface area contributed by atoms with Gasteiger partial charge in [0.15, 0.2) is 4.34 Å². The van der Waals surface area contributed by atoms with Gasteiger partial charge in [0.05, 0.1) is 30.0 Å². The van der Waals surface area contributed by atoms with E-state index in [0.29, 0.717) is 17.0 Å². The van der Waals surface area contributed by atoms with Gasteiger partial charge in [0.2, 0.25) is 5.13 Å². The van der Waals surface area contributed by atoms with Crippen molar-refractivity contribution in [2.45, 2.75) is 29.0 Å². The van der Waals surface area contributed by atoms with Crippen LogP contribution in [0.25, 0.3) is 22.0 Å². The van der Waals surface area contributed by atoms with E-state index in [1.54, 1.807) is 0 Å². The van der Waals surface area contributed by atoms with Gasteiger partial charge in [-0.15, -0.1) is 10.2 Å². The van der Waals surface area contributed by atoms with Crippen molar-refractivity contribution in [2.24, 2.45) is 0 Å². The number of nitrogens with zero attached hydrogens (tertiary/aromatic N) is 3. The Morgan fingerprint density at radius 3 is 2.79 bits per heavy atom. The van der Waals surface area contributed by atoms with Crippen molar-refractivity contribution in [3.63, 3.8) is 0 Å². The number of thioether (sulfide) groups is 1. The van der Waals surface area contributed by atoms with Gasteiger partial charge in [0, 0.05) is 29.9 Å². The van der Waals surface area contributed by atoms with Gasteiger partial charge in [0.1, 0.15) is 0 Å². The molecule has 5 rings (SSSR count). The lowest BCUT2D eigenvalue weighted by atomic mass is 9.94. The molecule has 1 N–H and O–H groups in total. The van der Waals surface area contributed by atoms with Gasteiger partial charge in [-0.05, 0) is 24.5 Å². The zero-order valence-electron chi connectivity index (χ0n) is 18.7. The summed E-state index contributed by atoms with van der Waals surface area (Å²) in [5, 5.41) is 13.5. The highest BCUT2D eigenvalue weighted by Crippen LogP contribution is 2.36. The first-order valence-corrected chi connectivity index (χ1v) is 12.9. The fourth-order valence-electron chi connectivity index (χ4n) is 4.07. The third-order valence-corrected chi connectivity index (χ3v) is 7.69. The van der Waals surface area contributed by atoms with Gasteiger partial charge in [-0.1, -0.05) is 71.6 Å². The highest BCUT2D eigenvalue weighted by atomic mass is 32.2. The van der Waals surface area contributed by atoms with E-state index in [-0.39, 0.29) is 6.10 Å². The van der Waals surface area contributed by atoms with Gasteiger partial charge in [-0.25, -0.2) is 4.79 Å². The summed E-state index contributed by atoms with van der Waals surface area (Å²) in [4.78, 5) is 17.8. The van der Waals surface area contributed by atoms with Gasteiger partial charge < -0.3 is 14.8 Å². The normalized spacial score (nSPS) is 15.5. The summed E-state index contributed by atoms with van der Waals surface area (Å²) in [7, 11) is 1.40. The number of hydrogen-bond donors (Lipinski definition) is 1. The number of carbonyl (C=O) groups is 1. The first-order chi connectivity index (χ1) is 16.7. The lowest BCUT2D eigenvalue weighted by molar-refractivity contribution is 0.0600. The number of methoxy groups -OCH3 is 1. The van der Waals surface area contributed by atoms with E-state index in [9.17, 15) is 4.79 Å². The number of anilines is 1. The Morgan fingerprint density at radius 1 is 1.18 bits per heavy atom. The molecule has 174 valence electrons. The van der Waals surface area contributed by atoms with Crippen molar-refractivity contribution in [1.29, 1.82) is 0 Å². The molecule has 1 atom stereocenters. The minimum absolute atomic E-state index is 0.237. The molecule has 2 aromatic carbocycles. The van der Waals surface area contributed by atoms with Crippen LogP contribution in [0.1, 0.15) is 28.9 Å². The van der Waals surface area contributed by atoms with Crippen LogP contribution < -0.4 is 5.32 Å². The number of carbonyl (C=O) groups excluding carboxylic acids is 1. The van der Waals surface area contributed by atoms with Gasteiger partial charge in [0.25, 0.3) is 0 Å². The summed E-state index contributed by atoms with van der Waals surface area (Å²) < 4.78 is 11.6. The van der Waals surface area contributed by atoms with Crippen molar-refractivity contribution in [3.05, 3.63) is 65.9 Å². The van der Waals surface area contributed by atoms with Crippen LogP contribution in [0.3, 0.4) is 0 Å². The lowest BCUT2D eigenvalue weighted by Crippen LogP contribution is -2.18. The van der Waals surface area contributed by atoms with Gasteiger partial charge >= 0.3 is 5.97 Å². The minimum atomic E-state index is -0.399. The molecule has 0 radical (unpaired) electrons. The van der Waals surface area contributed by atoms with Crippen LogP contribution >= 0.6 is 23.1 Å². The minimum Gasteiger partial charge on any atom is -0.465 e. The number of para-hydroxylation sites is 1. The van der Waals surface area contributed by atoms with Crippen LogP contribution in [0.2, 0.25) is 0 Å². The molecule has 0 saturated carbocycles. The number of rotatable bonds is 8. The maximum atomic E-state index is 13.0. The SMILES string of the molecule is COC(=O)c1c(CSc2nnc(NCC3CCCO3)s2)nc2ccccc2c1-c1ccccc1. The quantitative estimate of drug-likeness (QED) is 0.258. The van der Waals surface area contributed by atoms with Crippen LogP contribution in [0, 0.1) is 0 Å². The number of ether oxygens (including phenoxy) is 2. The highest BCUT2D eigenvalue weighted by molar-refractivity contribution is 8.00. The molecule has 1 unspecified atom stereocenters. The molecule has 34 heavy (non-hydrogen) atoms. The van der Waals surface area contributed by atoms with Crippen molar-refractivity contribution < 1.29 is 14.3 Å². The standard InChI is InChI=1S/C25H24N4O3S2/c1-31-23(30)22-20(15-33-25-29-28-24(34-25)26-14-17-10-7-13-32-17)27-19-12-6-5-11-18(19)21(22)16-8-3-2-4-9-16/h2-6,8-9,11-12,17H,7,10,13-15H2,1H3,(H,26,28). The molecule has 3 heterocycles. The molecule has 4 aromatic rings. The zero-order valence-corrected chi connectivity index (χ0v) is 20.3. The number of fused-ring (bicyclic) bond motifs is 1. The van der Waals surface area contributed by atoms with Gasteiger partial charge in [-0.2, -0.15) is 0 Å². The molecule has 0 aliphatic carbocycles. The third kappa shape index (κ3) is 4.91. The number of nitrogens with one attached hydrogen (secondary N) is 1. The summed E-state index contributed by atoms with van der Waals surface area (Å²) >= 11 is 3.00. The fraction of sp³-hybridized carbons (Fsp3) is 0.280. The van der Waals surface area contributed by atoms with Crippen molar-refractivity contribution in [1.82, 2.24) is 15.2 Å². The van der Waals surface area contributed by atoms with Crippen LogP contribution in [0.4, 0.5) is 5.13 Å². The summed E-state index contributed by atoms with van der Waals surface area (Å²) in [6.45, 7) is 1.56. The van der Waals surface area contributed by atoms with Crippen molar-refractivity contribution in [3.8, 4) is 11.1 Å². The van der Waals surface area contributed by atoms with E-state index in [1.165, 1.54) is 30.2 Å². The second kappa shape index (κ2) is 10.5. The molecule has 1 aliphatic rings. The summed E-state index contributed by atoms with van der Waals surface area (Å²) in [5.41, 5.74) is 3.77. The predicted molar refractivity (Wildman–Crippen MR) is 135 cm³/mol. The van der Waals surface area contributed by atoms with Gasteiger partial charge in [-0.3, -0.25) is 4.98 Å². The Hall–Kier alpha value is -3.01. The second-order valence-corrected chi connectivity index (χ2v) is 10.1. The fourth-order valence-corrected chi connectivity index (χ4v) is 5.77. The van der Waals surface area contributed by atoms with Crippen LogP contribution in [-0.4, -0.2) is 47.5 Å². The predicted octanol–water partition coefficient (Wildman–Crippen LogP) is 5.42. The molecule has 2 aromatic heterocycles. The summed E-state index contributed by atoms with van der Waals surface area (Å²) in [6.07, 6.45) is 2.41. The number of benzene rings is 2. The largest absolute Gasteiger partial charge is 0.465 e. The Bertz CT molecular complexity index is 1290. The Morgan fingerprint density at radius 2 is 2.00 bits per heavy atom. The monoisotopic (exact) mass is 492 g/mol. The molecule has 7 nitrogen and oxygen atoms in total. The number of hydrogen-bond acceptors (Lipinski definition) is 9. The Labute approximate surface area is 205 Å². The Balaban J connectivity index is 1.44. The van der Waals surface area contributed by atoms with E-state index < -0.39 is 5.97 Å². The van der Waals surface area contributed by atoms with Crippen LogP contribution in [0.15, 0.2) is 58.9 Å². The summed E-state index contributed by atoms with van der Waals surface area (Å²) in [6, 6.07) is 17.8. The second-order valence-electron chi connectivity index (χ2n) is 7.86. The molecule has 1 fully saturated rings. The van der Waals surface area contributed by atoms with E-state index in [2.05, 4.69) is 15.5 Å². The van der Waals surface area contributed by atoms with E-state index in [4.69, 9.17) is 14.5 Å². The van der Waals surface area contributed by atoms with Crippen molar-refractivity contribution in [2.75, 3.05) is 25.6 Å². The molecular formula is C25H24N4O3S2. The van der Waals surface area contributed by atoms with Crippen LogP contribution in [0.5, 0.6) is 0 Å². The molecule has 9 heteroatoms. The lowest BCUT2D eigenvalue weighted by Gasteiger charge is -2.15. The van der Waals surface area contributed by atoms with E-state index in [0.717, 1.165) is 57.5 Å². The first kappa shape index (κ1) is 22.8. The highest BCUT2D eigenvalue weighted by Gasteiger charge is 2.23. The zero-order chi connectivity index (χ0) is 23.3. The first-order valence-electron chi connectivity index (χ1n) is 11.1. The number of aromatic nitrogens is 3. The average molecular weight is 493 g/mol. The molecule has 1 saturated heterocycles. The van der Waals surface area contributed by atoms with Crippen molar-refractivity contribution >= 4 is 45.1 Å². The molecule has 0 spiro atoms. The number of pyridine rings is 1. The molecule has 0 amide bonds. The summed E-state index contributed by atoms with van der Waals surface area (Å²) in [5.74, 6) is 0.0686. The van der Waals surface area contributed by atoms with E-state index >= 15 is 0 Å². The topological polar surface area (TPSA) is 86.2 Å². The maximum Gasteiger partial charge on any atom is 0.340 e. The Kier molecular flexibility index (Phi) is 7.03. The molecule has 0 bridgehead atoms. The van der Waals surface area contributed by atoms with Crippen LogP contribution in [-0.2, 0) is 15.2 Å². The van der Waals surface area contributed by atoms with E-state index in [1.807, 2.05) is 54.6 Å². The maximum absolute atomic E-state index is 13.0. The third-order valence-electron chi connectivity index (χ3n) is 5.66. The smallest absolute Gasteiger partial charge is 0.340 e.